The van der Waals surface area contributed by atoms with E-state index in [-0.39, 0.29) is 21.9 Å². The first-order valence-electron chi connectivity index (χ1n) is 4.95. The highest BCUT2D eigenvalue weighted by Crippen LogP contribution is 2.30. The molecule has 1 aromatic carbocycles. The summed E-state index contributed by atoms with van der Waals surface area (Å²) in [7, 11) is 0. The second kappa shape index (κ2) is 5.08. The number of allylic oxidation sites excluding steroid dienone is 2. The maximum absolute atomic E-state index is 13.7. The van der Waals surface area contributed by atoms with Crippen molar-refractivity contribution >= 4 is 35.1 Å². The molecule has 0 radical (unpaired) electrons. The van der Waals surface area contributed by atoms with Gasteiger partial charge in [-0.3, -0.25) is 4.79 Å². The summed E-state index contributed by atoms with van der Waals surface area (Å²) < 4.78 is 26.5. The maximum atomic E-state index is 13.7. The minimum Gasteiger partial charge on any atom is -0.356 e. The Bertz CT molecular complexity index is 569. The maximum Gasteiger partial charge on any atom is 0.149 e. The number of dihydropyridines is 1. The highest BCUT2D eigenvalue weighted by Gasteiger charge is 2.23. The van der Waals surface area contributed by atoms with Crippen LogP contribution in [0, 0.1) is 11.6 Å². The highest BCUT2D eigenvalue weighted by atomic mass is 35.5. The summed E-state index contributed by atoms with van der Waals surface area (Å²) in [5.74, 6) is -1.48. The van der Waals surface area contributed by atoms with Gasteiger partial charge in [0, 0.05) is 17.2 Å². The van der Waals surface area contributed by atoms with Gasteiger partial charge in [-0.25, -0.2) is 8.78 Å². The molecular weight excluding hydrogens is 283 g/mol. The zero-order valence-corrected chi connectivity index (χ0v) is 10.4. The van der Waals surface area contributed by atoms with Crippen molar-refractivity contribution in [2.24, 2.45) is 0 Å². The monoisotopic (exact) mass is 289 g/mol. The Hall–Kier alpha value is -1.39. The zero-order chi connectivity index (χ0) is 13.3. The summed E-state index contributed by atoms with van der Waals surface area (Å²) in [4.78, 5) is 11.0. The first-order chi connectivity index (χ1) is 8.52. The number of aldehydes is 1. The van der Waals surface area contributed by atoms with E-state index in [1.54, 1.807) is 0 Å². The quantitative estimate of drug-likeness (QED) is 0.515. The summed E-state index contributed by atoms with van der Waals surface area (Å²) in [6, 6.07) is 3.07. The molecule has 0 saturated carbocycles. The van der Waals surface area contributed by atoms with E-state index in [1.807, 2.05) is 0 Å². The molecule has 1 heterocycles. The summed E-state index contributed by atoms with van der Waals surface area (Å²) >= 11 is 11.7. The van der Waals surface area contributed by atoms with Crippen LogP contribution in [0.5, 0.6) is 0 Å². The van der Waals surface area contributed by atoms with Crippen molar-refractivity contribution in [3.8, 4) is 0 Å². The van der Waals surface area contributed by atoms with Gasteiger partial charge in [-0.1, -0.05) is 23.2 Å². The van der Waals surface area contributed by atoms with Gasteiger partial charge >= 0.3 is 0 Å². The van der Waals surface area contributed by atoms with Crippen molar-refractivity contribution in [1.29, 1.82) is 0 Å². The van der Waals surface area contributed by atoms with E-state index in [4.69, 9.17) is 23.2 Å². The van der Waals surface area contributed by atoms with Crippen LogP contribution >= 0.6 is 23.2 Å². The van der Waals surface area contributed by atoms with E-state index in [0.717, 1.165) is 12.1 Å². The average Bonchev–Trinajstić information content (AvgIpc) is 2.28. The van der Waals surface area contributed by atoms with Crippen LogP contribution in [-0.2, 0) is 4.79 Å². The number of hydrogen-bond donors (Lipinski definition) is 1. The van der Waals surface area contributed by atoms with E-state index < -0.39 is 17.1 Å². The third-order valence-corrected chi connectivity index (χ3v) is 3.03. The number of alkyl halides is 1. The van der Waals surface area contributed by atoms with Gasteiger partial charge in [0.2, 0.25) is 0 Å². The Morgan fingerprint density at radius 1 is 1.33 bits per heavy atom. The van der Waals surface area contributed by atoms with Crippen molar-refractivity contribution < 1.29 is 13.6 Å². The molecule has 6 heteroatoms. The molecule has 0 fully saturated rings. The molecule has 2 rings (SSSR count). The second-order valence-electron chi connectivity index (χ2n) is 3.61. The van der Waals surface area contributed by atoms with Gasteiger partial charge in [-0.05, 0) is 23.8 Å². The Morgan fingerprint density at radius 2 is 2.06 bits per heavy atom. The smallest absolute Gasteiger partial charge is 0.149 e. The van der Waals surface area contributed by atoms with Gasteiger partial charge < -0.3 is 5.32 Å². The lowest BCUT2D eigenvalue weighted by Gasteiger charge is -2.21. The van der Waals surface area contributed by atoms with E-state index in [2.05, 4.69) is 5.32 Å². The molecule has 0 bridgehead atoms. The molecule has 0 aromatic heterocycles. The fourth-order valence-corrected chi connectivity index (χ4v) is 2.21. The lowest BCUT2D eigenvalue weighted by atomic mass is 9.98. The summed E-state index contributed by atoms with van der Waals surface area (Å²) in [6.45, 7) is 0. The number of benzene rings is 1. The van der Waals surface area contributed by atoms with Crippen LogP contribution in [0.2, 0.25) is 0 Å². The normalized spacial score (nSPS) is 19.3. The summed E-state index contributed by atoms with van der Waals surface area (Å²) in [5.41, 5.74) is -0.388. The fraction of sp³-hybridized carbons (Fsp3) is 0.0833. The number of nitrogens with one attached hydrogen (secondary N) is 1. The highest BCUT2D eigenvalue weighted by molar-refractivity contribution is 6.33. The third kappa shape index (κ3) is 2.40. The fourth-order valence-electron chi connectivity index (χ4n) is 1.65. The molecule has 94 valence electrons. The molecule has 0 spiro atoms. The molecule has 2 nitrogen and oxygen atoms in total. The lowest BCUT2D eigenvalue weighted by molar-refractivity contribution is -0.105. The first-order valence-corrected chi connectivity index (χ1v) is 5.77. The van der Waals surface area contributed by atoms with Crippen molar-refractivity contribution in [3.63, 3.8) is 0 Å². The van der Waals surface area contributed by atoms with Gasteiger partial charge in [-0.2, -0.15) is 0 Å². The topological polar surface area (TPSA) is 29.1 Å². The molecule has 0 aliphatic carbocycles. The largest absolute Gasteiger partial charge is 0.356 e. The first kappa shape index (κ1) is 13.1. The third-order valence-electron chi connectivity index (χ3n) is 2.47. The van der Waals surface area contributed by atoms with Gasteiger partial charge in [-0.15, -0.1) is 0 Å². The SMILES string of the molecule is O=CC1=C(c2ccc(F)cc2F)C=C(Cl)NC1Cl. The Morgan fingerprint density at radius 3 is 2.67 bits per heavy atom. The van der Waals surface area contributed by atoms with Crippen molar-refractivity contribution in [2.45, 2.75) is 5.50 Å². The van der Waals surface area contributed by atoms with Crippen LogP contribution in [0.15, 0.2) is 35.0 Å². The van der Waals surface area contributed by atoms with Crippen molar-refractivity contribution in [3.05, 3.63) is 52.2 Å². The van der Waals surface area contributed by atoms with E-state index in [0.29, 0.717) is 6.29 Å². The molecule has 0 amide bonds. The van der Waals surface area contributed by atoms with Gasteiger partial charge in [0.05, 0.1) is 0 Å². The van der Waals surface area contributed by atoms with E-state index >= 15 is 0 Å². The van der Waals surface area contributed by atoms with E-state index in [9.17, 15) is 13.6 Å². The Balaban J connectivity index is 2.62. The molecule has 1 atom stereocenters. The molecule has 1 N–H and O–H groups in total. The Labute approximate surface area is 112 Å². The van der Waals surface area contributed by atoms with Gasteiger partial charge in [0.15, 0.2) is 0 Å². The predicted octanol–water partition coefficient (Wildman–Crippen LogP) is 3.17. The molecule has 1 aliphatic rings. The standard InChI is InChI=1S/C12H7Cl2F2NO/c13-11-4-8(9(5-18)12(14)17-11)7-2-1-6(15)3-10(7)16/h1-5,12,17H. The number of rotatable bonds is 2. The molecule has 18 heavy (non-hydrogen) atoms. The lowest BCUT2D eigenvalue weighted by Crippen LogP contribution is -2.28. The van der Waals surface area contributed by atoms with Crippen LogP contribution < -0.4 is 5.32 Å². The number of carbonyl (C=O) groups excluding carboxylic acids is 1. The second-order valence-corrected chi connectivity index (χ2v) is 4.45. The van der Waals surface area contributed by atoms with Gasteiger partial charge in [0.25, 0.3) is 0 Å². The Kier molecular flexibility index (Phi) is 3.68. The minimum atomic E-state index is -0.848. The van der Waals surface area contributed by atoms with Crippen LogP contribution in [0.25, 0.3) is 5.57 Å². The average molecular weight is 290 g/mol. The number of halogens is 4. The van der Waals surface area contributed by atoms with Crippen LogP contribution in [0.1, 0.15) is 5.56 Å². The molecule has 0 saturated heterocycles. The minimum absolute atomic E-state index is 0.0730. The molecule has 1 unspecified atom stereocenters. The zero-order valence-electron chi connectivity index (χ0n) is 8.88. The summed E-state index contributed by atoms with van der Waals surface area (Å²) in [5, 5.41) is 2.80. The summed E-state index contributed by atoms with van der Waals surface area (Å²) in [6.07, 6.45) is 1.89. The van der Waals surface area contributed by atoms with Crippen LogP contribution in [-0.4, -0.2) is 11.8 Å². The number of hydrogen-bond acceptors (Lipinski definition) is 2. The molecule has 1 aliphatic heterocycles. The van der Waals surface area contributed by atoms with Crippen LogP contribution in [0.4, 0.5) is 8.78 Å². The number of carbonyl (C=O) groups is 1. The van der Waals surface area contributed by atoms with E-state index in [1.165, 1.54) is 12.1 Å². The molecule has 1 aromatic rings. The molecular formula is C12H7Cl2F2NO. The van der Waals surface area contributed by atoms with Gasteiger partial charge in [0.1, 0.15) is 28.6 Å². The van der Waals surface area contributed by atoms with Crippen LogP contribution in [0.3, 0.4) is 0 Å². The van der Waals surface area contributed by atoms with Crippen molar-refractivity contribution in [2.75, 3.05) is 0 Å². The predicted molar refractivity (Wildman–Crippen MR) is 66.1 cm³/mol. The van der Waals surface area contributed by atoms with Crippen molar-refractivity contribution in [1.82, 2.24) is 5.32 Å².